The summed E-state index contributed by atoms with van der Waals surface area (Å²) in [5.74, 6) is 0.173. The highest BCUT2D eigenvalue weighted by Gasteiger charge is 2.22. The quantitative estimate of drug-likeness (QED) is 0.485. The third kappa shape index (κ3) is 4.27. The van der Waals surface area contributed by atoms with Crippen LogP contribution >= 0.6 is 11.6 Å². The molecule has 2 heterocycles. The molecule has 4 rings (SSSR count). The van der Waals surface area contributed by atoms with Crippen LogP contribution in [0.2, 0.25) is 5.02 Å². The molecular formula is C23H23ClN6O3. The largest absolute Gasteiger partial charge is 0.443 e. The number of ether oxygens (including phenoxy) is 1. The zero-order valence-corrected chi connectivity index (χ0v) is 19.4. The van der Waals surface area contributed by atoms with Crippen molar-refractivity contribution in [2.45, 2.75) is 26.4 Å². The molecule has 0 radical (unpaired) electrons. The summed E-state index contributed by atoms with van der Waals surface area (Å²) in [6.07, 6.45) is 0.831. The number of imidazole rings is 1. The summed E-state index contributed by atoms with van der Waals surface area (Å²) in [6, 6.07) is 13.7. The second-order valence-electron chi connectivity index (χ2n) is 8.42. The minimum Gasteiger partial charge on any atom is -0.443 e. The molecule has 4 aromatic rings. The van der Waals surface area contributed by atoms with Gasteiger partial charge in [0.25, 0.3) is 0 Å². The molecular weight excluding hydrogens is 444 g/mol. The van der Waals surface area contributed by atoms with E-state index in [4.69, 9.17) is 22.1 Å². The van der Waals surface area contributed by atoms with E-state index in [2.05, 4.69) is 9.97 Å². The van der Waals surface area contributed by atoms with E-state index in [-0.39, 0.29) is 11.5 Å². The Morgan fingerprint density at radius 3 is 2.18 bits per heavy atom. The van der Waals surface area contributed by atoms with Gasteiger partial charge in [-0.3, -0.25) is 9.47 Å². The average Bonchev–Trinajstić information content (AvgIpc) is 3.06. The molecule has 0 aliphatic rings. The lowest BCUT2D eigenvalue weighted by Crippen LogP contribution is -2.34. The van der Waals surface area contributed by atoms with Crippen LogP contribution < -0.4 is 16.3 Å². The van der Waals surface area contributed by atoms with Crippen molar-refractivity contribution in [1.29, 1.82) is 0 Å². The zero-order chi connectivity index (χ0) is 23.9. The number of hydrogen-bond donors (Lipinski definition) is 1. The number of carbonyl (C=O) groups is 1. The van der Waals surface area contributed by atoms with Gasteiger partial charge < -0.3 is 10.5 Å². The molecule has 2 aromatic carbocycles. The maximum absolute atomic E-state index is 13.5. The highest BCUT2D eigenvalue weighted by Crippen LogP contribution is 2.25. The topological polar surface area (TPSA) is 108 Å². The number of nitrogen functional groups attached to an aromatic ring is 1. The number of hydrogen-bond acceptors (Lipinski definition) is 6. The summed E-state index contributed by atoms with van der Waals surface area (Å²) >= 11 is 6.01. The standard InChI is InChI=1S/C23H23ClN6O3/c1-23(2,3)33-22(32)28(4)15-9-11-17(12-10-15)30-20-18(19(25)26-13-27-20)29(21(30)31)16-7-5-14(24)6-8-16/h5-13H,1-4H3,(H2,25,26,27). The van der Waals surface area contributed by atoms with Gasteiger partial charge in [0.1, 0.15) is 17.4 Å². The lowest BCUT2D eigenvalue weighted by Gasteiger charge is -2.24. The molecule has 33 heavy (non-hydrogen) atoms. The fourth-order valence-electron chi connectivity index (χ4n) is 3.37. The van der Waals surface area contributed by atoms with E-state index in [0.29, 0.717) is 33.2 Å². The van der Waals surface area contributed by atoms with Gasteiger partial charge in [0.2, 0.25) is 0 Å². The first kappa shape index (κ1) is 22.3. The summed E-state index contributed by atoms with van der Waals surface area (Å²) in [4.78, 5) is 35.6. The van der Waals surface area contributed by atoms with E-state index >= 15 is 0 Å². The molecule has 2 aromatic heterocycles. The van der Waals surface area contributed by atoms with Crippen molar-refractivity contribution in [3.63, 3.8) is 0 Å². The van der Waals surface area contributed by atoms with Gasteiger partial charge in [-0.2, -0.15) is 0 Å². The molecule has 0 saturated carbocycles. The second kappa shape index (κ2) is 8.25. The Kier molecular flexibility index (Phi) is 5.59. The molecule has 0 unspecified atom stereocenters. The van der Waals surface area contributed by atoms with Gasteiger partial charge >= 0.3 is 11.8 Å². The van der Waals surface area contributed by atoms with Crippen molar-refractivity contribution in [1.82, 2.24) is 19.1 Å². The lowest BCUT2D eigenvalue weighted by molar-refractivity contribution is 0.0589. The van der Waals surface area contributed by atoms with E-state index in [1.54, 1.807) is 76.3 Å². The van der Waals surface area contributed by atoms with Crippen LogP contribution in [0.4, 0.5) is 16.3 Å². The molecule has 0 spiro atoms. The molecule has 0 saturated heterocycles. The van der Waals surface area contributed by atoms with Crippen LogP contribution in [0.5, 0.6) is 0 Å². The maximum Gasteiger partial charge on any atom is 0.414 e. The molecule has 0 atom stereocenters. The van der Waals surface area contributed by atoms with Gasteiger partial charge in [0.15, 0.2) is 11.5 Å². The first-order valence-electron chi connectivity index (χ1n) is 10.1. The predicted molar refractivity (Wildman–Crippen MR) is 129 cm³/mol. The number of carbonyl (C=O) groups excluding carboxylic acids is 1. The third-order valence-corrected chi connectivity index (χ3v) is 5.15. The number of nitrogens with two attached hydrogens (primary N) is 1. The van der Waals surface area contributed by atoms with Crippen molar-refractivity contribution in [2.24, 2.45) is 0 Å². The number of halogens is 1. The smallest absolute Gasteiger partial charge is 0.414 e. The Bertz CT molecular complexity index is 1390. The average molecular weight is 467 g/mol. The van der Waals surface area contributed by atoms with Gasteiger partial charge in [0.05, 0.1) is 11.4 Å². The normalized spacial score (nSPS) is 11.5. The van der Waals surface area contributed by atoms with Crippen LogP contribution in [0, 0.1) is 0 Å². The summed E-state index contributed by atoms with van der Waals surface area (Å²) < 4.78 is 8.30. The minimum atomic E-state index is -0.609. The van der Waals surface area contributed by atoms with Gasteiger partial charge in [-0.25, -0.2) is 24.1 Å². The molecule has 0 fully saturated rings. The molecule has 0 aliphatic heterocycles. The molecule has 2 N–H and O–H groups in total. The number of anilines is 2. The molecule has 170 valence electrons. The van der Waals surface area contributed by atoms with Crippen molar-refractivity contribution < 1.29 is 9.53 Å². The van der Waals surface area contributed by atoms with Gasteiger partial charge in [0, 0.05) is 17.8 Å². The number of amides is 1. The van der Waals surface area contributed by atoms with Crippen LogP contribution in [-0.4, -0.2) is 37.8 Å². The Balaban J connectivity index is 1.80. The Morgan fingerprint density at radius 2 is 1.58 bits per heavy atom. The second-order valence-corrected chi connectivity index (χ2v) is 8.85. The third-order valence-electron chi connectivity index (χ3n) is 4.90. The van der Waals surface area contributed by atoms with Crippen molar-refractivity contribution in [2.75, 3.05) is 17.7 Å². The number of rotatable bonds is 3. The van der Waals surface area contributed by atoms with Crippen molar-refractivity contribution in [3.8, 4) is 11.4 Å². The Hall–Kier alpha value is -3.85. The van der Waals surface area contributed by atoms with E-state index < -0.39 is 11.7 Å². The summed E-state index contributed by atoms with van der Waals surface area (Å²) in [6.45, 7) is 5.41. The first-order valence-corrected chi connectivity index (χ1v) is 10.5. The monoisotopic (exact) mass is 466 g/mol. The predicted octanol–water partition coefficient (Wildman–Crippen LogP) is 4.18. The Morgan fingerprint density at radius 1 is 1.00 bits per heavy atom. The van der Waals surface area contributed by atoms with E-state index in [0.717, 1.165) is 0 Å². The first-order chi connectivity index (χ1) is 15.6. The molecule has 1 amide bonds. The number of fused-ring (bicyclic) bond motifs is 1. The van der Waals surface area contributed by atoms with Crippen LogP contribution in [0.1, 0.15) is 20.8 Å². The molecule has 0 aliphatic carbocycles. The minimum absolute atomic E-state index is 0.173. The number of nitrogens with zero attached hydrogens (tertiary/aromatic N) is 5. The van der Waals surface area contributed by atoms with Crippen molar-refractivity contribution >= 4 is 40.4 Å². The highest BCUT2D eigenvalue weighted by atomic mass is 35.5. The van der Waals surface area contributed by atoms with Crippen LogP contribution in [0.25, 0.3) is 22.5 Å². The van der Waals surface area contributed by atoms with Gasteiger partial charge in [-0.1, -0.05) is 11.6 Å². The van der Waals surface area contributed by atoms with Crippen LogP contribution in [0.3, 0.4) is 0 Å². The van der Waals surface area contributed by atoms with Crippen LogP contribution in [-0.2, 0) is 4.74 Å². The molecule has 0 bridgehead atoms. The highest BCUT2D eigenvalue weighted by molar-refractivity contribution is 6.30. The molecule has 10 heteroatoms. The van der Waals surface area contributed by atoms with Crippen molar-refractivity contribution in [3.05, 3.63) is 70.4 Å². The molecule has 9 nitrogen and oxygen atoms in total. The van der Waals surface area contributed by atoms with E-state index in [9.17, 15) is 9.59 Å². The summed E-state index contributed by atoms with van der Waals surface area (Å²) in [5, 5.41) is 0.546. The summed E-state index contributed by atoms with van der Waals surface area (Å²) in [7, 11) is 1.62. The zero-order valence-electron chi connectivity index (χ0n) is 18.6. The maximum atomic E-state index is 13.5. The van der Waals surface area contributed by atoms with Gasteiger partial charge in [-0.15, -0.1) is 0 Å². The number of aromatic nitrogens is 4. The fraction of sp³-hybridized carbons (Fsp3) is 0.217. The SMILES string of the molecule is CN(C(=O)OC(C)(C)C)c1ccc(-n2c(=O)n(-c3ccc(Cl)cc3)c3c(N)ncnc32)cc1. The Labute approximate surface area is 195 Å². The van der Waals surface area contributed by atoms with Crippen LogP contribution in [0.15, 0.2) is 59.7 Å². The van der Waals surface area contributed by atoms with Gasteiger partial charge in [-0.05, 0) is 69.3 Å². The lowest BCUT2D eigenvalue weighted by atomic mass is 10.2. The van der Waals surface area contributed by atoms with E-state index in [1.165, 1.54) is 20.4 Å². The van der Waals surface area contributed by atoms with E-state index in [1.807, 2.05) is 0 Å². The fourth-order valence-corrected chi connectivity index (χ4v) is 3.50. The number of benzene rings is 2. The summed E-state index contributed by atoms with van der Waals surface area (Å²) in [5.41, 5.74) is 7.63.